The number of likely N-dealkylation sites (tertiary alicyclic amines) is 1. The van der Waals surface area contributed by atoms with Gasteiger partial charge in [-0.15, -0.1) is 0 Å². The van der Waals surface area contributed by atoms with Crippen LogP contribution >= 0.6 is 0 Å². The van der Waals surface area contributed by atoms with Crippen molar-refractivity contribution in [2.75, 3.05) is 33.7 Å². The number of carbonyl (C=O) groups is 2. The minimum Gasteiger partial charge on any atom is -0.507 e. The Hall–Kier alpha value is -2.38. The SMILES string of the molecule is CN(C)C(=O)[C@@H]1C[C@H](CC(=O)N2CC(Oc3ccc(CCB(O)O)c(O)c3C(O)O)C2)CN1. The summed E-state index contributed by atoms with van der Waals surface area (Å²) in [6.07, 6.45) is -1.27. The number of aryl methyl sites for hydroxylation is 1. The van der Waals surface area contributed by atoms with Gasteiger partial charge in [-0.1, -0.05) is 6.07 Å². The molecule has 2 heterocycles. The van der Waals surface area contributed by atoms with E-state index in [-0.39, 0.29) is 59.7 Å². The van der Waals surface area contributed by atoms with E-state index in [9.17, 15) is 24.9 Å². The third-order valence-corrected chi connectivity index (χ3v) is 6.11. The number of hydrogen-bond donors (Lipinski definition) is 6. The molecule has 0 bridgehead atoms. The molecule has 1 aromatic carbocycles. The van der Waals surface area contributed by atoms with Gasteiger partial charge in [-0.2, -0.15) is 0 Å². The molecule has 33 heavy (non-hydrogen) atoms. The third kappa shape index (κ3) is 6.15. The summed E-state index contributed by atoms with van der Waals surface area (Å²) in [6, 6.07) is 2.76. The molecule has 0 aliphatic carbocycles. The van der Waals surface area contributed by atoms with Gasteiger partial charge in [-0.25, -0.2) is 0 Å². The Balaban J connectivity index is 1.52. The van der Waals surface area contributed by atoms with Crippen molar-refractivity contribution in [3.05, 3.63) is 23.3 Å². The van der Waals surface area contributed by atoms with Crippen LogP contribution in [-0.4, -0.2) is 100.0 Å². The summed E-state index contributed by atoms with van der Waals surface area (Å²) in [5.74, 6) is -0.206. The van der Waals surface area contributed by atoms with E-state index >= 15 is 0 Å². The molecule has 3 rings (SSSR count). The highest BCUT2D eigenvalue weighted by Crippen LogP contribution is 2.37. The number of likely N-dealkylation sites (N-methyl/N-ethyl adjacent to an activating group) is 1. The second-order valence-corrected chi connectivity index (χ2v) is 8.92. The number of phenolic OH excluding ortho intramolecular Hbond substituents is 1. The van der Waals surface area contributed by atoms with Crippen molar-refractivity contribution in [1.29, 1.82) is 0 Å². The van der Waals surface area contributed by atoms with Crippen LogP contribution in [0.5, 0.6) is 11.5 Å². The summed E-state index contributed by atoms with van der Waals surface area (Å²) in [7, 11) is 1.87. The van der Waals surface area contributed by atoms with Crippen molar-refractivity contribution in [2.45, 2.75) is 44.0 Å². The summed E-state index contributed by atoms with van der Waals surface area (Å²) in [5, 5.41) is 51.0. The maximum atomic E-state index is 12.6. The lowest BCUT2D eigenvalue weighted by Crippen LogP contribution is -2.56. The summed E-state index contributed by atoms with van der Waals surface area (Å²) >= 11 is 0. The van der Waals surface area contributed by atoms with Crippen LogP contribution in [0.1, 0.15) is 30.3 Å². The van der Waals surface area contributed by atoms with Crippen LogP contribution in [0.25, 0.3) is 0 Å². The molecular formula is C21H32BN3O8. The summed E-state index contributed by atoms with van der Waals surface area (Å²) in [4.78, 5) is 27.8. The molecule has 0 radical (unpaired) electrons. The molecule has 2 aliphatic heterocycles. The van der Waals surface area contributed by atoms with Gasteiger partial charge in [0.2, 0.25) is 11.8 Å². The Morgan fingerprint density at radius 1 is 1.27 bits per heavy atom. The minimum absolute atomic E-state index is 0.00560. The fourth-order valence-corrected chi connectivity index (χ4v) is 4.21. The number of rotatable bonds is 9. The molecule has 0 spiro atoms. The van der Waals surface area contributed by atoms with Crippen LogP contribution in [0.3, 0.4) is 0 Å². The molecule has 2 atom stereocenters. The molecule has 2 aliphatic rings. The normalized spacial score (nSPS) is 20.6. The Morgan fingerprint density at radius 3 is 2.58 bits per heavy atom. The van der Waals surface area contributed by atoms with E-state index in [2.05, 4.69) is 5.32 Å². The van der Waals surface area contributed by atoms with Crippen molar-refractivity contribution in [3.8, 4) is 11.5 Å². The van der Waals surface area contributed by atoms with Crippen molar-refractivity contribution >= 4 is 18.9 Å². The first-order valence-electron chi connectivity index (χ1n) is 11.0. The van der Waals surface area contributed by atoms with Gasteiger partial charge >= 0.3 is 7.12 Å². The van der Waals surface area contributed by atoms with E-state index in [0.717, 1.165) is 0 Å². The van der Waals surface area contributed by atoms with Crippen LogP contribution in [0.2, 0.25) is 6.32 Å². The molecule has 6 N–H and O–H groups in total. The number of ether oxygens (including phenoxy) is 1. The van der Waals surface area contributed by atoms with Gasteiger partial charge in [0.25, 0.3) is 0 Å². The number of aliphatic hydroxyl groups is 2. The largest absolute Gasteiger partial charge is 0.507 e. The molecular weight excluding hydrogens is 433 g/mol. The van der Waals surface area contributed by atoms with E-state index in [4.69, 9.17) is 14.8 Å². The Bertz CT molecular complexity index is 860. The predicted molar refractivity (Wildman–Crippen MR) is 118 cm³/mol. The maximum Gasteiger partial charge on any atom is 0.451 e. The summed E-state index contributed by atoms with van der Waals surface area (Å²) < 4.78 is 5.79. The number of benzene rings is 1. The molecule has 0 saturated carbocycles. The fraction of sp³-hybridized carbons (Fsp3) is 0.619. The van der Waals surface area contributed by atoms with Crippen molar-refractivity contribution in [1.82, 2.24) is 15.1 Å². The monoisotopic (exact) mass is 465 g/mol. The lowest BCUT2D eigenvalue weighted by atomic mass is 9.82. The van der Waals surface area contributed by atoms with Crippen LogP contribution in [0.4, 0.5) is 0 Å². The maximum absolute atomic E-state index is 12.6. The number of aliphatic hydroxyl groups excluding tert-OH is 1. The lowest BCUT2D eigenvalue weighted by molar-refractivity contribution is -0.141. The second kappa shape index (κ2) is 10.7. The summed E-state index contributed by atoms with van der Waals surface area (Å²) in [5.41, 5.74) is 0.138. The molecule has 182 valence electrons. The smallest absolute Gasteiger partial charge is 0.451 e. The molecule has 2 amide bonds. The topological polar surface area (TPSA) is 163 Å². The van der Waals surface area contributed by atoms with Crippen LogP contribution in [-0.2, 0) is 16.0 Å². The van der Waals surface area contributed by atoms with Crippen LogP contribution in [0, 0.1) is 5.92 Å². The molecule has 2 saturated heterocycles. The molecule has 0 unspecified atom stereocenters. The van der Waals surface area contributed by atoms with E-state index in [1.807, 2.05) is 0 Å². The number of nitrogens with zero attached hydrogens (tertiary/aromatic N) is 2. The Labute approximate surface area is 192 Å². The first kappa shape index (κ1) is 25.3. The van der Waals surface area contributed by atoms with Crippen molar-refractivity contribution < 1.29 is 39.7 Å². The molecule has 0 aromatic heterocycles. The van der Waals surface area contributed by atoms with Gasteiger partial charge < -0.3 is 45.2 Å². The van der Waals surface area contributed by atoms with E-state index in [0.29, 0.717) is 38.0 Å². The van der Waals surface area contributed by atoms with Crippen LogP contribution < -0.4 is 10.1 Å². The molecule has 12 heteroatoms. The lowest BCUT2D eigenvalue weighted by Gasteiger charge is -2.40. The van der Waals surface area contributed by atoms with Gasteiger partial charge in [0.15, 0.2) is 6.29 Å². The highest BCUT2D eigenvalue weighted by molar-refractivity contribution is 6.41. The van der Waals surface area contributed by atoms with Crippen molar-refractivity contribution in [3.63, 3.8) is 0 Å². The first-order valence-corrected chi connectivity index (χ1v) is 11.0. The van der Waals surface area contributed by atoms with E-state index < -0.39 is 13.4 Å². The number of nitrogens with one attached hydrogen (secondary N) is 1. The predicted octanol–water partition coefficient (Wildman–Crippen LogP) is -1.56. The van der Waals surface area contributed by atoms with Gasteiger partial charge in [0.05, 0.1) is 24.7 Å². The Morgan fingerprint density at radius 2 is 1.97 bits per heavy atom. The molecule has 1 aromatic rings. The number of aromatic hydroxyl groups is 1. The highest BCUT2D eigenvalue weighted by atomic mass is 16.5. The van der Waals surface area contributed by atoms with Gasteiger partial charge in [-0.05, 0) is 43.3 Å². The standard InChI is InChI=1S/C21H32BN3O8/c1-24(2)20(28)15-7-12(9-23-15)8-17(26)25-10-14(11-25)33-16-4-3-13(5-6-22(31)32)19(27)18(16)21(29)30/h3-4,12,14-15,21,23,27,29-32H,5-11H2,1-2H3/t12-,15+/m1/s1. The molecule has 2 fully saturated rings. The van der Waals surface area contributed by atoms with Crippen LogP contribution in [0.15, 0.2) is 12.1 Å². The quantitative estimate of drug-likeness (QED) is 0.187. The number of hydrogen-bond acceptors (Lipinski definition) is 9. The van der Waals surface area contributed by atoms with Gasteiger partial charge in [-0.3, -0.25) is 9.59 Å². The fourth-order valence-electron chi connectivity index (χ4n) is 4.21. The van der Waals surface area contributed by atoms with E-state index in [1.54, 1.807) is 19.0 Å². The third-order valence-electron chi connectivity index (χ3n) is 6.11. The summed E-state index contributed by atoms with van der Waals surface area (Å²) in [6.45, 7) is 1.28. The number of phenols is 1. The number of carbonyl (C=O) groups excluding carboxylic acids is 2. The Kier molecular flexibility index (Phi) is 8.19. The zero-order chi connectivity index (χ0) is 24.3. The second-order valence-electron chi connectivity index (χ2n) is 8.92. The van der Waals surface area contributed by atoms with Gasteiger partial charge in [0.1, 0.15) is 17.6 Å². The zero-order valence-corrected chi connectivity index (χ0v) is 18.8. The highest BCUT2D eigenvalue weighted by Gasteiger charge is 2.37. The average molecular weight is 465 g/mol. The van der Waals surface area contributed by atoms with E-state index in [1.165, 1.54) is 17.0 Å². The minimum atomic E-state index is -1.98. The first-order chi connectivity index (χ1) is 15.6. The average Bonchev–Trinajstić information content (AvgIpc) is 3.16. The van der Waals surface area contributed by atoms with Gasteiger partial charge in [0, 0.05) is 20.5 Å². The number of amides is 2. The van der Waals surface area contributed by atoms with Crippen molar-refractivity contribution in [2.24, 2.45) is 5.92 Å². The zero-order valence-electron chi connectivity index (χ0n) is 18.8. The molecule has 11 nitrogen and oxygen atoms in total.